The number of aliphatic hydroxyl groups excluding tert-OH is 2. The Labute approximate surface area is 107 Å². The highest BCUT2D eigenvalue weighted by Gasteiger charge is 2.21. The molecule has 1 heterocycles. The van der Waals surface area contributed by atoms with E-state index in [1.165, 1.54) is 5.23 Å². The zero-order valence-electron chi connectivity index (χ0n) is 10.6. The highest BCUT2D eigenvalue weighted by Crippen LogP contribution is 2.08. The summed E-state index contributed by atoms with van der Waals surface area (Å²) in [6.45, 7) is 2.98. The van der Waals surface area contributed by atoms with Crippen molar-refractivity contribution in [3.8, 4) is 0 Å². The van der Waals surface area contributed by atoms with Crippen LogP contribution >= 0.6 is 0 Å². The molecule has 1 unspecified atom stereocenters. The predicted octanol–water partition coefficient (Wildman–Crippen LogP) is -0.668. The Balaban J connectivity index is 1.92. The van der Waals surface area contributed by atoms with Crippen LogP contribution in [0.5, 0.6) is 0 Å². The lowest BCUT2D eigenvalue weighted by Crippen LogP contribution is -2.28. The minimum Gasteiger partial charge on any atom is -0.394 e. The van der Waals surface area contributed by atoms with Crippen LogP contribution < -0.4 is 0 Å². The molecule has 1 saturated heterocycles. The monoisotopic (exact) mass is 265 g/mol. The molecule has 0 spiro atoms. The summed E-state index contributed by atoms with van der Waals surface area (Å²) in [6.07, 6.45) is 2.05. The van der Waals surface area contributed by atoms with Gasteiger partial charge in [0.15, 0.2) is 0 Å². The second kappa shape index (κ2) is 10.6. The van der Waals surface area contributed by atoms with Gasteiger partial charge in [-0.1, -0.05) is 5.23 Å². The molecule has 108 valence electrons. The average molecular weight is 265 g/mol. The Morgan fingerprint density at radius 1 is 1.06 bits per heavy atom. The molecule has 0 amide bonds. The molecule has 2 N–H and O–H groups in total. The highest BCUT2D eigenvalue weighted by atomic mass is 16.9. The maximum atomic E-state index is 8.65. The Morgan fingerprint density at radius 2 is 1.72 bits per heavy atom. The molecule has 0 saturated carbocycles. The van der Waals surface area contributed by atoms with Gasteiger partial charge in [-0.05, 0) is 12.8 Å². The third-order valence-corrected chi connectivity index (χ3v) is 2.24. The van der Waals surface area contributed by atoms with Crippen LogP contribution in [-0.2, 0) is 19.1 Å². The van der Waals surface area contributed by atoms with Crippen LogP contribution in [0.1, 0.15) is 12.8 Å². The molecule has 0 aromatic rings. The van der Waals surface area contributed by atoms with Crippen molar-refractivity contribution < 1.29 is 29.4 Å². The summed E-state index contributed by atoms with van der Waals surface area (Å²) in [5.74, 6) is 0. The lowest BCUT2D eigenvalue weighted by Gasteiger charge is -2.20. The van der Waals surface area contributed by atoms with Crippen molar-refractivity contribution in [2.24, 2.45) is 0 Å². The number of nitrogens with zero attached hydrogens (tertiary/aromatic N) is 1. The zero-order chi connectivity index (χ0) is 13.1. The molecule has 0 aromatic heterocycles. The Hall–Kier alpha value is -0.280. The van der Waals surface area contributed by atoms with E-state index in [-0.39, 0.29) is 26.4 Å². The molecule has 0 bridgehead atoms. The second-order valence-electron chi connectivity index (χ2n) is 3.91. The van der Waals surface area contributed by atoms with Crippen LogP contribution in [0, 0.1) is 0 Å². The summed E-state index contributed by atoms with van der Waals surface area (Å²) in [5.41, 5.74) is 0. The first kappa shape index (κ1) is 15.8. The molecule has 7 heteroatoms. The van der Waals surface area contributed by atoms with E-state index in [1.807, 2.05) is 0 Å². The van der Waals surface area contributed by atoms with E-state index in [4.69, 9.17) is 29.4 Å². The number of rotatable bonds is 13. The Morgan fingerprint density at radius 3 is 2.28 bits per heavy atom. The zero-order valence-corrected chi connectivity index (χ0v) is 10.6. The van der Waals surface area contributed by atoms with E-state index < -0.39 is 0 Å². The van der Waals surface area contributed by atoms with Crippen LogP contribution in [0.2, 0.25) is 0 Å². The average Bonchev–Trinajstić information content (AvgIpc) is 3.20. The molecule has 18 heavy (non-hydrogen) atoms. The summed E-state index contributed by atoms with van der Waals surface area (Å²) in [4.78, 5) is 10.3. The lowest BCUT2D eigenvalue weighted by atomic mass is 10.3. The van der Waals surface area contributed by atoms with Gasteiger partial charge in [0, 0.05) is 6.61 Å². The molecule has 1 rings (SSSR count). The molecule has 1 fully saturated rings. The fourth-order valence-electron chi connectivity index (χ4n) is 1.28. The number of hydrogen-bond donors (Lipinski definition) is 2. The molecule has 0 radical (unpaired) electrons. The van der Waals surface area contributed by atoms with E-state index in [9.17, 15) is 0 Å². The first-order chi connectivity index (χ1) is 8.86. The number of hydroxylamine groups is 2. The summed E-state index contributed by atoms with van der Waals surface area (Å²) in [6, 6.07) is 0. The number of epoxide rings is 1. The van der Waals surface area contributed by atoms with Crippen LogP contribution in [-0.4, -0.2) is 74.3 Å². The smallest absolute Gasteiger partial charge is 0.104 e. The van der Waals surface area contributed by atoms with Gasteiger partial charge in [0.05, 0.1) is 46.2 Å². The SMILES string of the molecule is OCCON(CCCCOCC1CO1)OCCO. The minimum atomic E-state index is -0.0660. The molecule has 1 atom stereocenters. The lowest BCUT2D eigenvalue weighted by molar-refractivity contribution is -0.371. The molecule has 7 nitrogen and oxygen atoms in total. The molecule has 0 aromatic carbocycles. The molecular weight excluding hydrogens is 242 g/mol. The topological polar surface area (TPSA) is 83.9 Å². The first-order valence-electron chi connectivity index (χ1n) is 6.31. The van der Waals surface area contributed by atoms with Gasteiger partial charge in [0.1, 0.15) is 6.10 Å². The summed E-state index contributed by atoms with van der Waals surface area (Å²) in [5, 5.41) is 18.6. The highest BCUT2D eigenvalue weighted by molar-refractivity contribution is 4.66. The van der Waals surface area contributed by atoms with Gasteiger partial charge in [-0.15, -0.1) is 0 Å². The molecule has 1 aliphatic rings. The van der Waals surface area contributed by atoms with Crippen molar-refractivity contribution in [3.63, 3.8) is 0 Å². The van der Waals surface area contributed by atoms with Crippen molar-refractivity contribution in [1.82, 2.24) is 5.23 Å². The predicted molar refractivity (Wildman–Crippen MR) is 62.6 cm³/mol. The molecule has 1 aliphatic heterocycles. The number of unbranched alkanes of at least 4 members (excludes halogenated alkanes) is 1. The van der Waals surface area contributed by atoms with Crippen LogP contribution in [0.4, 0.5) is 0 Å². The van der Waals surface area contributed by atoms with E-state index in [0.717, 1.165) is 19.4 Å². The van der Waals surface area contributed by atoms with Crippen LogP contribution in [0.25, 0.3) is 0 Å². The quantitative estimate of drug-likeness (QED) is 0.259. The fraction of sp³-hybridized carbons (Fsp3) is 1.00. The van der Waals surface area contributed by atoms with E-state index in [2.05, 4.69) is 0 Å². The van der Waals surface area contributed by atoms with Gasteiger partial charge in [0.2, 0.25) is 0 Å². The van der Waals surface area contributed by atoms with E-state index >= 15 is 0 Å². The van der Waals surface area contributed by atoms with Gasteiger partial charge in [0.25, 0.3) is 0 Å². The van der Waals surface area contributed by atoms with Crippen molar-refractivity contribution in [1.29, 1.82) is 0 Å². The number of ether oxygens (including phenoxy) is 2. The van der Waals surface area contributed by atoms with Crippen molar-refractivity contribution in [3.05, 3.63) is 0 Å². The number of hydrogen-bond acceptors (Lipinski definition) is 7. The first-order valence-corrected chi connectivity index (χ1v) is 6.31. The third kappa shape index (κ3) is 8.76. The van der Waals surface area contributed by atoms with Crippen molar-refractivity contribution in [2.45, 2.75) is 18.9 Å². The maximum absolute atomic E-state index is 8.65. The third-order valence-electron chi connectivity index (χ3n) is 2.24. The largest absolute Gasteiger partial charge is 0.394 e. The summed E-state index contributed by atoms with van der Waals surface area (Å²) in [7, 11) is 0. The Bertz CT molecular complexity index is 182. The summed E-state index contributed by atoms with van der Waals surface area (Å²) < 4.78 is 10.4. The normalized spacial score (nSPS) is 18.5. The minimum absolute atomic E-state index is 0.0660. The maximum Gasteiger partial charge on any atom is 0.104 e. The molecule has 0 aliphatic carbocycles. The van der Waals surface area contributed by atoms with Crippen LogP contribution in [0.15, 0.2) is 0 Å². The Kier molecular flexibility index (Phi) is 9.31. The van der Waals surface area contributed by atoms with E-state index in [0.29, 0.717) is 25.9 Å². The number of aliphatic hydroxyl groups is 2. The van der Waals surface area contributed by atoms with Gasteiger partial charge >= 0.3 is 0 Å². The van der Waals surface area contributed by atoms with Crippen molar-refractivity contribution in [2.75, 3.05) is 52.8 Å². The van der Waals surface area contributed by atoms with E-state index in [1.54, 1.807) is 0 Å². The second-order valence-corrected chi connectivity index (χ2v) is 3.91. The summed E-state index contributed by atoms with van der Waals surface area (Å²) >= 11 is 0. The van der Waals surface area contributed by atoms with Crippen molar-refractivity contribution >= 4 is 0 Å². The van der Waals surface area contributed by atoms with Gasteiger partial charge in [-0.3, -0.25) is 9.68 Å². The van der Waals surface area contributed by atoms with Gasteiger partial charge < -0.3 is 19.7 Å². The fourth-order valence-corrected chi connectivity index (χ4v) is 1.28. The van der Waals surface area contributed by atoms with Gasteiger partial charge in [-0.25, -0.2) is 0 Å². The van der Waals surface area contributed by atoms with Gasteiger partial charge in [-0.2, -0.15) is 0 Å². The standard InChI is InChI=1S/C11H23NO6/c13-4-7-17-12(18-8-5-14)3-1-2-6-15-9-11-10-16-11/h11,13-14H,1-10H2. The molecular formula is C11H23NO6. The van der Waals surface area contributed by atoms with Crippen LogP contribution in [0.3, 0.4) is 0 Å².